The van der Waals surface area contributed by atoms with E-state index in [4.69, 9.17) is 5.73 Å². The van der Waals surface area contributed by atoms with Gasteiger partial charge in [0.25, 0.3) is 0 Å². The Hall–Kier alpha value is -2.74. The summed E-state index contributed by atoms with van der Waals surface area (Å²) in [5.74, 6) is -0.561. The molecule has 1 atom stereocenters. The van der Waals surface area contributed by atoms with Gasteiger partial charge in [0.05, 0.1) is 18.4 Å². The number of likely N-dealkylation sites (N-methyl/N-ethyl adjacent to an activating group) is 1. The first-order valence-corrected chi connectivity index (χ1v) is 7.66. The standard InChI is InChI=1S/C16H22N6O2/c1-12(13-6-4-3-5-7-13)21(10-15(17)23)8-14-9-22(20-19-14)11-16(24)18-2/h3-7,9,12H,8,10-11H2,1-2H3,(H2,17,23)(H,18,24)/t12-/m1/s1. The van der Waals surface area contributed by atoms with Crippen LogP contribution in [-0.4, -0.2) is 45.3 Å². The summed E-state index contributed by atoms with van der Waals surface area (Å²) in [5.41, 5.74) is 7.13. The SMILES string of the molecule is CNC(=O)Cn1cc(CN(CC(N)=O)[C@H](C)c2ccccc2)nn1. The van der Waals surface area contributed by atoms with E-state index in [1.54, 1.807) is 13.2 Å². The Balaban J connectivity index is 2.11. The second kappa shape index (κ2) is 8.21. The van der Waals surface area contributed by atoms with Gasteiger partial charge in [0, 0.05) is 19.6 Å². The van der Waals surface area contributed by atoms with Crippen LogP contribution in [0.4, 0.5) is 0 Å². The van der Waals surface area contributed by atoms with E-state index in [1.165, 1.54) is 4.68 Å². The summed E-state index contributed by atoms with van der Waals surface area (Å²) in [5, 5.41) is 10.5. The van der Waals surface area contributed by atoms with E-state index in [0.717, 1.165) is 5.56 Å². The summed E-state index contributed by atoms with van der Waals surface area (Å²) in [4.78, 5) is 24.7. The Morgan fingerprint density at radius 3 is 2.67 bits per heavy atom. The number of rotatable bonds is 8. The van der Waals surface area contributed by atoms with Crippen molar-refractivity contribution in [1.82, 2.24) is 25.2 Å². The lowest BCUT2D eigenvalue weighted by Crippen LogP contribution is -2.35. The first kappa shape index (κ1) is 17.6. The molecule has 1 aromatic heterocycles. The fourth-order valence-corrected chi connectivity index (χ4v) is 2.39. The highest BCUT2D eigenvalue weighted by Gasteiger charge is 2.19. The molecule has 0 aliphatic rings. The smallest absolute Gasteiger partial charge is 0.241 e. The minimum atomic E-state index is -0.407. The van der Waals surface area contributed by atoms with Crippen LogP contribution in [0.5, 0.6) is 0 Å². The van der Waals surface area contributed by atoms with Gasteiger partial charge in [-0.3, -0.25) is 14.5 Å². The molecule has 0 aliphatic carbocycles. The van der Waals surface area contributed by atoms with Crippen LogP contribution in [-0.2, 0) is 22.7 Å². The number of nitrogens with one attached hydrogen (secondary N) is 1. The number of primary amides is 1. The van der Waals surface area contributed by atoms with E-state index >= 15 is 0 Å². The van der Waals surface area contributed by atoms with Gasteiger partial charge in [-0.1, -0.05) is 35.5 Å². The quantitative estimate of drug-likeness (QED) is 0.712. The summed E-state index contributed by atoms with van der Waals surface area (Å²) in [6, 6.07) is 9.84. The van der Waals surface area contributed by atoms with E-state index in [-0.39, 0.29) is 25.0 Å². The molecule has 0 fully saturated rings. The molecule has 8 nitrogen and oxygen atoms in total. The highest BCUT2D eigenvalue weighted by molar-refractivity contribution is 5.76. The van der Waals surface area contributed by atoms with Crippen LogP contribution in [0.2, 0.25) is 0 Å². The molecule has 8 heteroatoms. The van der Waals surface area contributed by atoms with Crippen molar-refractivity contribution in [1.29, 1.82) is 0 Å². The maximum absolute atomic E-state index is 11.4. The van der Waals surface area contributed by atoms with E-state index in [2.05, 4.69) is 15.6 Å². The lowest BCUT2D eigenvalue weighted by molar-refractivity contribution is -0.121. The largest absolute Gasteiger partial charge is 0.369 e. The predicted molar refractivity (Wildman–Crippen MR) is 88.6 cm³/mol. The minimum Gasteiger partial charge on any atom is -0.369 e. The molecule has 0 radical (unpaired) electrons. The normalized spacial score (nSPS) is 12.1. The number of benzene rings is 1. The fraction of sp³-hybridized carbons (Fsp3) is 0.375. The highest BCUT2D eigenvalue weighted by Crippen LogP contribution is 2.21. The van der Waals surface area contributed by atoms with Gasteiger partial charge in [-0.15, -0.1) is 5.10 Å². The van der Waals surface area contributed by atoms with Gasteiger partial charge in [-0.2, -0.15) is 0 Å². The summed E-state index contributed by atoms with van der Waals surface area (Å²) in [7, 11) is 1.57. The van der Waals surface area contributed by atoms with E-state index in [1.807, 2.05) is 42.2 Å². The Morgan fingerprint density at radius 2 is 2.04 bits per heavy atom. The van der Waals surface area contributed by atoms with Gasteiger partial charge in [-0.25, -0.2) is 4.68 Å². The van der Waals surface area contributed by atoms with Crippen molar-refractivity contribution in [3.8, 4) is 0 Å². The van der Waals surface area contributed by atoms with Gasteiger partial charge in [0.1, 0.15) is 6.54 Å². The molecule has 1 aromatic carbocycles. The van der Waals surface area contributed by atoms with Crippen molar-refractivity contribution in [2.75, 3.05) is 13.6 Å². The lowest BCUT2D eigenvalue weighted by atomic mass is 10.1. The second-order valence-electron chi connectivity index (χ2n) is 5.54. The van der Waals surface area contributed by atoms with Gasteiger partial charge >= 0.3 is 0 Å². The number of amides is 2. The molecule has 24 heavy (non-hydrogen) atoms. The first-order chi connectivity index (χ1) is 11.5. The number of aromatic nitrogens is 3. The first-order valence-electron chi connectivity index (χ1n) is 7.66. The number of hydrogen-bond donors (Lipinski definition) is 2. The van der Waals surface area contributed by atoms with Crippen LogP contribution in [0.15, 0.2) is 36.5 Å². The molecule has 1 heterocycles. The maximum atomic E-state index is 11.4. The molecule has 128 valence electrons. The molecule has 3 N–H and O–H groups in total. The minimum absolute atomic E-state index is 0.0113. The van der Waals surface area contributed by atoms with Gasteiger partial charge in [-0.05, 0) is 12.5 Å². The van der Waals surface area contributed by atoms with Gasteiger partial charge in [0.2, 0.25) is 11.8 Å². The van der Waals surface area contributed by atoms with E-state index < -0.39 is 5.91 Å². The topological polar surface area (TPSA) is 106 Å². The predicted octanol–water partition coefficient (Wildman–Crippen LogP) is 0.0726. The van der Waals surface area contributed by atoms with Crippen LogP contribution >= 0.6 is 0 Å². The van der Waals surface area contributed by atoms with Crippen molar-refractivity contribution in [3.05, 3.63) is 47.8 Å². The number of hydrogen-bond acceptors (Lipinski definition) is 5. The van der Waals surface area contributed by atoms with Crippen molar-refractivity contribution in [2.45, 2.75) is 26.1 Å². The van der Waals surface area contributed by atoms with E-state index in [0.29, 0.717) is 12.2 Å². The molecular weight excluding hydrogens is 308 g/mol. The van der Waals surface area contributed by atoms with Crippen LogP contribution in [0.1, 0.15) is 24.2 Å². The third kappa shape index (κ3) is 4.88. The molecule has 2 aromatic rings. The molecule has 2 rings (SSSR count). The van der Waals surface area contributed by atoms with Crippen molar-refractivity contribution < 1.29 is 9.59 Å². The number of nitrogens with zero attached hydrogens (tertiary/aromatic N) is 4. The van der Waals surface area contributed by atoms with Crippen LogP contribution < -0.4 is 11.1 Å². The number of carbonyl (C=O) groups excluding carboxylic acids is 2. The van der Waals surface area contributed by atoms with Crippen LogP contribution in [0.25, 0.3) is 0 Å². The van der Waals surface area contributed by atoms with Crippen LogP contribution in [0.3, 0.4) is 0 Å². The maximum Gasteiger partial charge on any atom is 0.241 e. The third-order valence-corrected chi connectivity index (χ3v) is 3.72. The fourth-order valence-electron chi connectivity index (χ4n) is 2.39. The Kier molecular flexibility index (Phi) is 6.02. The summed E-state index contributed by atoms with van der Waals surface area (Å²) >= 11 is 0. The highest BCUT2D eigenvalue weighted by atomic mass is 16.2. The Morgan fingerprint density at radius 1 is 1.33 bits per heavy atom. The van der Waals surface area contributed by atoms with Crippen LogP contribution in [0, 0.1) is 0 Å². The zero-order chi connectivity index (χ0) is 17.5. The molecule has 0 saturated carbocycles. The number of nitrogens with two attached hydrogens (primary N) is 1. The Bertz CT molecular complexity index is 685. The van der Waals surface area contributed by atoms with E-state index in [9.17, 15) is 9.59 Å². The van der Waals surface area contributed by atoms with Crippen molar-refractivity contribution in [2.24, 2.45) is 5.73 Å². The molecule has 0 unspecified atom stereocenters. The summed E-state index contributed by atoms with van der Waals surface area (Å²) < 4.78 is 1.46. The zero-order valence-corrected chi connectivity index (χ0v) is 13.8. The van der Waals surface area contributed by atoms with Crippen molar-refractivity contribution in [3.63, 3.8) is 0 Å². The molecule has 0 aliphatic heterocycles. The third-order valence-electron chi connectivity index (χ3n) is 3.72. The molecule has 0 bridgehead atoms. The second-order valence-corrected chi connectivity index (χ2v) is 5.54. The number of carbonyl (C=O) groups is 2. The lowest BCUT2D eigenvalue weighted by Gasteiger charge is -2.27. The molecule has 0 saturated heterocycles. The summed E-state index contributed by atoms with van der Waals surface area (Å²) in [6.45, 7) is 2.63. The molecule has 0 spiro atoms. The zero-order valence-electron chi connectivity index (χ0n) is 13.8. The molecular formula is C16H22N6O2. The average Bonchev–Trinajstić information content (AvgIpc) is 3.00. The van der Waals surface area contributed by atoms with Crippen molar-refractivity contribution >= 4 is 11.8 Å². The molecule has 2 amide bonds. The van der Waals surface area contributed by atoms with Gasteiger partial charge < -0.3 is 11.1 Å². The Labute approximate surface area is 140 Å². The average molecular weight is 330 g/mol. The van der Waals surface area contributed by atoms with Gasteiger partial charge in [0.15, 0.2) is 0 Å². The summed E-state index contributed by atoms with van der Waals surface area (Å²) in [6.07, 6.45) is 1.70. The monoisotopic (exact) mass is 330 g/mol.